The highest BCUT2D eigenvalue weighted by molar-refractivity contribution is 6.17. The van der Waals surface area contributed by atoms with Gasteiger partial charge in [0.15, 0.2) is 0 Å². The molecule has 0 aromatic rings. The van der Waals surface area contributed by atoms with E-state index in [0.29, 0.717) is 11.8 Å². The Balaban J connectivity index is 2.63. The Morgan fingerprint density at radius 2 is 2.50 bits per heavy atom. The predicted molar refractivity (Wildman–Crippen MR) is 31.2 cm³/mol. The molecule has 0 amide bonds. The first kappa shape index (κ1) is 6.47. The van der Waals surface area contributed by atoms with Crippen LogP contribution in [0.15, 0.2) is 0 Å². The van der Waals surface area contributed by atoms with Gasteiger partial charge in [-0.3, -0.25) is 0 Å². The summed E-state index contributed by atoms with van der Waals surface area (Å²) in [7, 11) is 1.07. The number of hydrogen-bond acceptors (Lipinski definition) is 1. The summed E-state index contributed by atoms with van der Waals surface area (Å²) in [5.41, 5.74) is 0.405. The van der Waals surface area contributed by atoms with Crippen LogP contribution in [-0.4, -0.2) is 22.0 Å². The van der Waals surface area contributed by atoms with Crippen LogP contribution in [0.1, 0.15) is 6.92 Å². The largest absolute Gasteiger partial charge is 0.367 e. The topological polar surface area (TPSA) is 9.23 Å². The molecule has 1 unspecified atom stereocenters. The first-order valence-electron chi connectivity index (χ1n) is 1.95. The fourth-order valence-corrected chi connectivity index (χ4v) is 0.756. The molecule has 0 aliphatic heterocycles. The molecule has 0 saturated carbocycles. The highest BCUT2D eigenvalue weighted by Gasteiger charge is 1.85. The summed E-state index contributed by atoms with van der Waals surface area (Å²) in [6.45, 7) is 2.01. The van der Waals surface area contributed by atoms with Crippen molar-refractivity contribution in [2.75, 3.05) is 6.07 Å². The molecule has 0 aliphatic carbocycles. The molecule has 1 nitrogen and oxygen atoms in total. The van der Waals surface area contributed by atoms with Crippen LogP contribution in [0, 0.1) is 0 Å². The average molecular weight is 125 g/mol. The van der Waals surface area contributed by atoms with E-state index < -0.39 is 0 Å². The van der Waals surface area contributed by atoms with E-state index in [2.05, 4.69) is 0 Å². The summed E-state index contributed by atoms with van der Waals surface area (Å²) >= 11 is 5.20. The maximum absolute atomic E-state index is 5.20. The minimum atomic E-state index is 0.338. The Morgan fingerprint density at radius 3 is 2.50 bits per heavy atom. The van der Waals surface area contributed by atoms with Gasteiger partial charge in [0.05, 0.1) is 0 Å². The lowest BCUT2D eigenvalue weighted by atomic mass is 10.9. The van der Waals surface area contributed by atoms with E-state index in [1.165, 1.54) is 0 Å². The lowest BCUT2D eigenvalue weighted by Crippen LogP contribution is -2.04. The summed E-state index contributed by atoms with van der Waals surface area (Å²) in [5.74, 6) is 0. The van der Waals surface area contributed by atoms with Crippen molar-refractivity contribution in [2.45, 2.75) is 12.7 Å². The van der Waals surface area contributed by atoms with Crippen molar-refractivity contribution >= 4 is 21.8 Å². The van der Waals surface area contributed by atoms with E-state index in [0.717, 1.165) is 10.2 Å². The third-order valence-corrected chi connectivity index (χ3v) is 0.856. The molecule has 0 fully saturated rings. The highest BCUT2D eigenvalue weighted by Crippen LogP contribution is 1.83. The second-order valence-electron chi connectivity index (χ2n) is 1.32. The lowest BCUT2D eigenvalue weighted by molar-refractivity contribution is 0.162. The fourth-order valence-electron chi connectivity index (χ4n) is 0.126. The van der Waals surface area contributed by atoms with Crippen LogP contribution in [-0.2, 0) is 4.74 Å². The van der Waals surface area contributed by atoms with Gasteiger partial charge in [-0.2, -0.15) is 0 Å². The maximum Gasteiger partial charge on any atom is 0.120 e. The normalized spacial score (nSPS) is 15.0. The zero-order chi connectivity index (χ0) is 4.99. The molecule has 0 radical (unpaired) electrons. The van der Waals surface area contributed by atoms with Crippen molar-refractivity contribution in [3.05, 3.63) is 0 Å². The Bertz CT molecular complexity index is 32.0. The molecular weight excluding hydrogens is 116 g/mol. The van der Waals surface area contributed by atoms with E-state index in [-0.39, 0.29) is 0 Å². The van der Waals surface area contributed by atoms with E-state index in [1.807, 2.05) is 6.92 Å². The van der Waals surface area contributed by atoms with Crippen molar-refractivity contribution in [1.29, 1.82) is 0 Å². The molecule has 0 N–H and O–H groups in total. The zero-order valence-electron chi connectivity index (χ0n) is 4.07. The molecule has 0 aromatic heterocycles. The van der Waals surface area contributed by atoms with Crippen molar-refractivity contribution < 1.29 is 4.74 Å². The van der Waals surface area contributed by atoms with Crippen LogP contribution in [0.3, 0.4) is 0 Å². The van der Waals surface area contributed by atoms with Gasteiger partial charge in [0.2, 0.25) is 0 Å². The Hall–Kier alpha value is 0.467. The summed E-state index contributed by atoms with van der Waals surface area (Å²) in [5, 5.41) is 0. The molecule has 3 heteroatoms. The van der Waals surface area contributed by atoms with E-state index in [4.69, 9.17) is 16.3 Å². The summed E-state index contributed by atoms with van der Waals surface area (Å²) in [6, 6.07) is 0.338. The predicted octanol–water partition coefficient (Wildman–Crippen LogP) is -0.0893. The van der Waals surface area contributed by atoms with Crippen LogP contribution >= 0.6 is 11.6 Å². The van der Waals surface area contributed by atoms with Crippen LogP contribution in [0.4, 0.5) is 0 Å². The van der Waals surface area contributed by atoms with Crippen LogP contribution < -0.4 is 0 Å². The molecule has 0 spiro atoms. The molecule has 1 atom stereocenters. The first-order chi connectivity index (χ1) is 2.77. The van der Waals surface area contributed by atoms with Crippen molar-refractivity contribution in [1.82, 2.24) is 0 Å². The number of hydrogen-bond donors (Lipinski definition) is 0. The van der Waals surface area contributed by atoms with Gasteiger partial charge in [-0.05, 0) is 6.92 Å². The van der Waals surface area contributed by atoms with Gasteiger partial charge in [-0.25, -0.2) is 0 Å². The molecule has 0 aromatic carbocycles. The van der Waals surface area contributed by atoms with Gasteiger partial charge in [0.1, 0.15) is 6.07 Å². The number of alkyl halides is 1. The minimum Gasteiger partial charge on any atom is -0.367 e. The van der Waals surface area contributed by atoms with Gasteiger partial charge in [0, 0.05) is 16.0 Å². The molecule has 38 valence electrons. The van der Waals surface area contributed by atoms with Crippen molar-refractivity contribution in [3.63, 3.8) is 0 Å². The Kier molecular flexibility index (Phi) is 3.93. The highest BCUT2D eigenvalue weighted by atomic mass is 35.5. The van der Waals surface area contributed by atoms with E-state index in [9.17, 15) is 0 Å². The Morgan fingerprint density at radius 1 is 2.00 bits per heavy atom. The standard InChI is InChI=1S/C3H9ClOSi/c1-3(6)5-2-4/h3H,2H2,1,6H3. The number of halogens is 1. The van der Waals surface area contributed by atoms with Crippen LogP contribution in [0.2, 0.25) is 0 Å². The quantitative estimate of drug-likeness (QED) is 0.370. The first-order valence-corrected chi connectivity index (χ1v) is 3.64. The molecule has 0 aliphatic rings. The third-order valence-electron chi connectivity index (χ3n) is 0.396. The monoisotopic (exact) mass is 124 g/mol. The SMILES string of the molecule is CC([SiH3])OCCl. The van der Waals surface area contributed by atoms with Gasteiger partial charge in [0.25, 0.3) is 0 Å². The van der Waals surface area contributed by atoms with Gasteiger partial charge < -0.3 is 4.74 Å². The van der Waals surface area contributed by atoms with Crippen LogP contribution in [0.25, 0.3) is 0 Å². The van der Waals surface area contributed by atoms with Gasteiger partial charge in [-0.15, -0.1) is 0 Å². The molecule has 0 saturated heterocycles. The van der Waals surface area contributed by atoms with Gasteiger partial charge in [-0.1, -0.05) is 11.6 Å². The second-order valence-corrected chi connectivity index (χ2v) is 3.17. The second kappa shape index (κ2) is 3.65. The summed E-state index contributed by atoms with van der Waals surface area (Å²) in [4.78, 5) is 0. The molecule has 0 heterocycles. The maximum atomic E-state index is 5.20. The average Bonchev–Trinajstić information content (AvgIpc) is 1.35. The molecule has 6 heavy (non-hydrogen) atoms. The number of rotatable bonds is 2. The van der Waals surface area contributed by atoms with E-state index >= 15 is 0 Å². The minimum absolute atomic E-state index is 0.338. The molecule has 0 bridgehead atoms. The summed E-state index contributed by atoms with van der Waals surface area (Å²) in [6.07, 6.45) is 0. The van der Waals surface area contributed by atoms with Crippen LogP contribution in [0.5, 0.6) is 0 Å². The Labute approximate surface area is 46.1 Å². The molecule has 0 rings (SSSR count). The fraction of sp³-hybridized carbons (Fsp3) is 1.00. The third kappa shape index (κ3) is 4.47. The number of ether oxygens (including phenoxy) is 1. The van der Waals surface area contributed by atoms with Crippen molar-refractivity contribution in [3.8, 4) is 0 Å². The molecular formula is C3H9ClOSi. The van der Waals surface area contributed by atoms with E-state index in [1.54, 1.807) is 0 Å². The lowest BCUT2D eigenvalue weighted by Gasteiger charge is -1.99. The summed E-state index contributed by atoms with van der Waals surface area (Å²) < 4.78 is 4.87. The smallest absolute Gasteiger partial charge is 0.120 e. The van der Waals surface area contributed by atoms with Crippen molar-refractivity contribution in [2.24, 2.45) is 0 Å². The zero-order valence-corrected chi connectivity index (χ0v) is 6.83. The van der Waals surface area contributed by atoms with Gasteiger partial charge >= 0.3 is 0 Å².